The molecule has 0 unspecified atom stereocenters. The lowest BCUT2D eigenvalue weighted by atomic mass is 10.2. The predicted octanol–water partition coefficient (Wildman–Crippen LogP) is 2.98. The maximum atomic E-state index is 10.7. The number of hydrogen-bond donors (Lipinski definition) is 1. The van der Waals surface area contributed by atoms with Crippen LogP contribution in [0, 0.1) is 10.1 Å². The molecule has 19 heavy (non-hydrogen) atoms. The van der Waals surface area contributed by atoms with Crippen molar-refractivity contribution in [2.45, 2.75) is 39.5 Å². The molecular formula is C13H22N4O2. The smallest absolute Gasteiger partial charge is 0.311 e. The molecule has 0 fully saturated rings. The van der Waals surface area contributed by atoms with Gasteiger partial charge in [0.15, 0.2) is 0 Å². The summed E-state index contributed by atoms with van der Waals surface area (Å²) in [6, 6.07) is 3.11. The number of rotatable bonds is 8. The highest BCUT2D eigenvalue weighted by atomic mass is 16.6. The molecule has 0 radical (unpaired) electrons. The fourth-order valence-electron chi connectivity index (χ4n) is 1.83. The maximum absolute atomic E-state index is 10.7. The molecule has 0 aliphatic rings. The van der Waals surface area contributed by atoms with Crippen molar-refractivity contribution in [1.82, 2.24) is 4.98 Å². The first-order valence-electron chi connectivity index (χ1n) is 6.76. The van der Waals surface area contributed by atoms with E-state index >= 15 is 0 Å². The molecule has 1 aromatic rings. The first-order valence-corrected chi connectivity index (χ1v) is 6.76. The molecule has 0 bridgehead atoms. The van der Waals surface area contributed by atoms with Gasteiger partial charge < -0.3 is 10.6 Å². The largest absolute Gasteiger partial charge is 0.378 e. The zero-order valence-corrected chi connectivity index (χ0v) is 11.6. The summed E-state index contributed by atoms with van der Waals surface area (Å²) >= 11 is 0. The molecule has 6 nitrogen and oxygen atoms in total. The lowest BCUT2D eigenvalue weighted by Crippen LogP contribution is -2.26. The van der Waals surface area contributed by atoms with Gasteiger partial charge in [-0.05, 0) is 18.9 Å². The molecule has 1 aromatic heterocycles. The van der Waals surface area contributed by atoms with Crippen LogP contribution in [0.3, 0.4) is 0 Å². The summed E-state index contributed by atoms with van der Waals surface area (Å²) in [6.07, 6.45) is 4.35. The Kier molecular flexibility index (Phi) is 6.05. The van der Waals surface area contributed by atoms with E-state index in [0.717, 1.165) is 44.6 Å². The van der Waals surface area contributed by atoms with E-state index in [1.807, 2.05) is 0 Å². The van der Waals surface area contributed by atoms with Gasteiger partial charge in [0.25, 0.3) is 0 Å². The van der Waals surface area contributed by atoms with Crippen LogP contribution in [0.1, 0.15) is 39.5 Å². The van der Waals surface area contributed by atoms with Crippen LogP contribution >= 0.6 is 0 Å². The summed E-state index contributed by atoms with van der Waals surface area (Å²) in [5, 5.41) is 10.7. The zero-order valence-electron chi connectivity index (χ0n) is 11.6. The van der Waals surface area contributed by atoms with Crippen LogP contribution in [0.4, 0.5) is 17.3 Å². The van der Waals surface area contributed by atoms with Crippen molar-refractivity contribution in [1.29, 1.82) is 0 Å². The molecule has 106 valence electrons. The fraction of sp³-hybridized carbons (Fsp3) is 0.615. The number of nitrogens with zero attached hydrogens (tertiary/aromatic N) is 3. The van der Waals surface area contributed by atoms with Crippen molar-refractivity contribution in [2.24, 2.45) is 0 Å². The molecule has 0 saturated heterocycles. The van der Waals surface area contributed by atoms with E-state index in [-0.39, 0.29) is 11.5 Å². The van der Waals surface area contributed by atoms with Gasteiger partial charge in [0.1, 0.15) is 5.82 Å². The molecule has 1 heterocycles. The number of aromatic nitrogens is 1. The number of nitrogen functional groups attached to an aromatic ring is 1. The quantitative estimate of drug-likeness (QED) is 0.577. The van der Waals surface area contributed by atoms with E-state index in [4.69, 9.17) is 5.73 Å². The van der Waals surface area contributed by atoms with E-state index in [1.165, 1.54) is 6.07 Å². The summed E-state index contributed by atoms with van der Waals surface area (Å²) in [5.41, 5.74) is 5.51. The Balaban J connectivity index is 2.88. The number of pyridine rings is 1. The molecule has 1 rings (SSSR count). The minimum Gasteiger partial charge on any atom is -0.378 e. The SMILES string of the molecule is CCCCN(CCCC)c1ccc([N+](=O)[O-])c(N)n1. The van der Waals surface area contributed by atoms with Gasteiger partial charge in [0.05, 0.1) is 4.92 Å². The molecule has 0 amide bonds. The molecule has 2 N–H and O–H groups in total. The minimum atomic E-state index is -0.505. The van der Waals surface area contributed by atoms with E-state index in [9.17, 15) is 10.1 Å². The Morgan fingerprint density at radius 3 is 2.26 bits per heavy atom. The molecule has 0 saturated carbocycles. The van der Waals surface area contributed by atoms with Crippen molar-refractivity contribution in [2.75, 3.05) is 23.7 Å². The van der Waals surface area contributed by atoms with Crippen LogP contribution in [0.25, 0.3) is 0 Å². The molecule has 0 atom stereocenters. The second-order valence-corrected chi connectivity index (χ2v) is 4.53. The first-order chi connectivity index (χ1) is 9.10. The number of unbranched alkanes of at least 4 members (excludes halogenated alkanes) is 2. The van der Waals surface area contributed by atoms with Gasteiger partial charge in [-0.2, -0.15) is 0 Å². The van der Waals surface area contributed by atoms with Gasteiger partial charge in [-0.15, -0.1) is 0 Å². The van der Waals surface area contributed by atoms with Crippen LogP contribution in [-0.2, 0) is 0 Å². The highest BCUT2D eigenvalue weighted by Gasteiger charge is 2.15. The van der Waals surface area contributed by atoms with E-state index < -0.39 is 4.92 Å². The van der Waals surface area contributed by atoms with Crippen molar-refractivity contribution in [3.8, 4) is 0 Å². The van der Waals surface area contributed by atoms with E-state index in [1.54, 1.807) is 6.07 Å². The van der Waals surface area contributed by atoms with Crippen LogP contribution < -0.4 is 10.6 Å². The van der Waals surface area contributed by atoms with E-state index in [0.29, 0.717) is 0 Å². The normalized spacial score (nSPS) is 10.4. The Labute approximate surface area is 113 Å². The van der Waals surface area contributed by atoms with Crippen molar-refractivity contribution < 1.29 is 4.92 Å². The Morgan fingerprint density at radius 1 is 1.26 bits per heavy atom. The number of anilines is 2. The fourth-order valence-corrected chi connectivity index (χ4v) is 1.83. The number of nitrogens with two attached hydrogens (primary N) is 1. The average molecular weight is 266 g/mol. The second kappa shape index (κ2) is 7.56. The third-order valence-corrected chi connectivity index (χ3v) is 2.97. The Morgan fingerprint density at radius 2 is 1.84 bits per heavy atom. The van der Waals surface area contributed by atoms with Gasteiger partial charge in [0.2, 0.25) is 5.82 Å². The summed E-state index contributed by atoms with van der Waals surface area (Å²) in [5.74, 6) is 0.713. The summed E-state index contributed by atoms with van der Waals surface area (Å²) in [6.45, 7) is 6.08. The highest BCUT2D eigenvalue weighted by Crippen LogP contribution is 2.23. The lowest BCUT2D eigenvalue weighted by molar-refractivity contribution is -0.384. The van der Waals surface area contributed by atoms with Crippen LogP contribution in [0.2, 0.25) is 0 Å². The maximum Gasteiger partial charge on any atom is 0.311 e. The van der Waals surface area contributed by atoms with Crippen LogP contribution in [0.15, 0.2) is 12.1 Å². The van der Waals surface area contributed by atoms with Crippen molar-refractivity contribution in [3.63, 3.8) is 0 Å². The molecule has 0 aliphatic carbocycles. The molecule has 0 aromatic carbocycles. The standard InChI is InChI=1S/C13H22N4O2/c1-3-5-9-16(10-6-4-2)12-8-7-11(17(18)19)13(14)15-12/h7-8H,3-6,9-10H2,1-2H3,(H2,14,15). The van der Waals surface area contributed by atoms with Crippen LogP contribution in [0.5, 0.6) is 0 Å². The summed E-state index contributed by atoms with van der Waals surface area (Å²) in [4.78, 5) is 16.5. The highest BCUT2D eigenvalue weighted by molar-refractivity contribution is 5.57. The summed E-state index contributed by atoms with van der Waals surface area (Å²) < 4.78 is 0. The monoisotopic (exact) mass is 266 g/mol. The number of nitro groups is 1. The van der Waals surface area contributed by atoms with Crippen molar-refractivity contribution in [3.05, 3.63) is 22.2 Å². The second-order valence-electron chi connectivity index (χ2n) is 4.53. The minimum absolute atomic E-state index is 0.0134. The van der Waals surface area contributed by atoms with Gasteiger partial charge in [-0.3, -0.25) is 10.1 Å². The Hall–Kier alpha value is -1.85. The topological polar surface area (TPSA) is 85.3 Å². The van der Waals surface area contributed by atoms with Gasteiger partial charge in [-0.1, -0.05) is 26.7 Å². The molecule has 6 heteroatoms. The third-order valence-electron chi connectivity index (χ3n) is 2.97. The third kappa shape index (κ3) is 4.39. The average Bonchev–Trinajstić information content (AvgIpc) is 2.38. The van der Waals surface area contributed by atoms with E-state index in [2.05, 4.69) is 23.7 Å². The molecular weight excluding hydrogens is 244 g/mol. The number of hydrogen-bond acceptors (Lipinski definition) is 5. The van der Waals surface area contributed by atoms with Crippen molar-refractivity contribution >= 4 is 17.3 Å². The molecule has 0 aliphatic heterocycles. The summed E-state index contributed by atoms with van der Waals surface area (Å²) in [7, 11) is 0. The zero-order chi connectivity index (χ0) is 14.3. The lowest BCUT2D eigenvalue weighted by Gasteiger charge is -2.23. The predicted molar refractivity (Wildman–Crippen MR) is 77.3 cm³/mol. The van der Waals surface area contributed by atoms with Crippen LogP contribution in [-0.4, -0.2) is 23.0 Å². The first kappa shape index (κ1) is 15.2. The van der Waals surface area contributed by atoms with Gasteiger partial charge in [-0.25, -0.2) is 4.98 Å². The van der Waals surface area contributed by atoms with Gasteiger partial charge in [0, 0.05) is 19.2 Å². The van der Waals surface area contributed by atoms with Gasteiger partial charge >= 0.3 is 5.69 Å². The Bertz CT molecular complexity index is 415. The molecule has 0 spiro atoms.